The van der Waals surface area contributed by atoms with E-state index in [1.165, 1.54) is 6.07 Å². The molecule has 132 valence electrons. The molecule has 1 heterocycles. The highest BCUT2D eigenvalue weighted by Gasteiger charge is 2.26. The van der Waals surface area contributed by atoms with Gasteiger partial charge in [0.05, 0.1) is 6.61 Å². The lowest BCUT2D eigenvalue weighted by Gasteiger charge is -2.14. The molecule has 3 aromatic rings. The van der Waals surface area contributed by atoms with E-state index >= 15 is 0 Å². The zero-order chi connectivity index (χ0) is 18.0. The van der Waals surface area contributed by atoms with E-state index in [0.717, 1.165) is 22.5 Å². The maximum Gasteiger partial charge on any atom is 0.288 e. The molecule has 25 heavy (non-hydrogen) atoms. The van der Waals surface area contributed by atoms with Crippen LogP contribution in [0.25, 0.3) is 11.0 Å². The first-order valence-corrected chi connectivity index (χ1v) is 9.76. The molecule has 0 saturated heterocycles. The summed E-state index contributed by atoms with van der Waals surface area (Å²) in [5.41, 5.74) is 1.65. The summed E-state index contributed by atoms with van der Waals surface area (Å²) in [5, 5.41) is 8.08. The van der Waals surface area contributed by atoms with Crippen LogP contribution in [-0.2, 0) is 10.0 Å². The molecule has 8 heteroatoms. The van der Waals surface area contributed by atoms with Crippen LogP contribution in [0, 0.1) is 6.92 Å². The van der Waals surface area contributed by atoms with E-state index in [0.29, 0.717) is 22.7 Å². The maximum atomic E-state index is 13.1. The Hall–Kier alpha value is -2.12. The van der Waals surface area contributed by atoms with Crippen molar-refractivity contribution in [1.82, 2.24) is 14.4 Å². The van der Waals surface area contributed by atoms with E-state index < -0.39 is 10.0 Å². The Morgan fingerprint density at radius 3 is 2.76 bits per heavy atom. The minimum atomic E-state index is -4.00. The highest BCUT2D eigenvalue weighted by Crippen LogP contribution is 2.32. The molecule has 0 aliphatic carbocycles. The third kappa shape index (κ3) is 3.34. The van der Waals surface area contributed by atoms with Crippen LogP contribution in [0.5, 0.6) is 5.75 Å². The monoisotopic (exact) mass is 379 g/mol. The molecule has 0 fully saturated rings. The van der Waals surface area contributed by atoms with E-state index in [1.54, 1.807) is 37.3 Å². The quantitative estimate of drug-likeness (QED) is 0.609. The van der Waals surface area contributed by atoms with Gasteiger partial charge in [0.2, 0.25) is 0 Å². The molecule has 0 unspecified atom stereocenters. The van der Waals surface area contributed by atoms with Gasteiger partial charge in [-0.1, -0.05) is 42.3 Å². The van der Waals surface area contributed by atoms with E-state index in [9.17, 15) is 8.42 Å². The van der Waals surface area contributed by atoms with Crippen LogP contribution in [0.2, 0.25) is 5.02 Å². The largest absolute Gasteiger partial charge is 0.492 e. The number of aromatic nitrogens is 3. The van der Waals surface area contributed by atoms with Gasteiger partial charge in [0, 0.05) is 5.02 Å². The van der Waals surface area contributed by atoms with Crippen molar-refractivity contribution in [3.63, 3.8) is 0 Å². The van der Waals surface area contributed by atoms with Gasteiger partial charge < -0.3 is 4.74 Å². The van der Waals surface area contributed by atoms with Crippen molar-refractivity contribution in [1.29, 1.82) is 0 Å². The van der Waals surface area contributed by atoms with E-state index in [-0.39, 0.29) is 10.6 Å². The zero-order valence-electron chi connectivity index (χ0n) is 13.9. The Morgan fingerprint density at radius 2 is 2.00 bits per heavy atom. The van der Waals surface area contributed by atoms with Gasteiger partial charge in [-0.3, -0.25) is 0 Å². The number of hydrogen-bond acceptors (Lipinski definition) is 5. The van der Waals surface area contributed by atoms with Crippen molar-refractivity contribution in [2.24, 2.45) is 0 Å². The van der Waals surface area contributed by atoms with Gasteiger partial charge in [0.25, 0.3) is 10.0 Å². The van der Waals surface area contributed by atoms with Crippen molar-refractivity contribution in [3.8, 4) is 5.75 Å². The van der Waals surface area contributed by atoms with Crippen LogP contribution < -0.4 is 4.74 Å². The summed E-state index contributed by atoms with van der Waals surface area (Å²) in [6.07, 6.45) is 1.77. The first-order chi connectivity index (χ1) is 11.9. The number of aryl methyl sites for hydroxylation is 1. The molecule has 0 atom stereocenters. The summed E-state index contributed by atoms with van der Waals surface area (Å²) < 4.78 is 32.9. The van der Waals surface area contributed by atoms with Crippen molar-refractivity contribution in [2.45, 2.75) is 31.6 Å². The average molecular weight is 380 g/mol. The molecule has 3 rings (SSSR count). The summed E-state index contributed by atoms with van der Waals surface area (Å²) in [6, 6.07) is 9.91. The number of unbranched alkanes of at least 4 members (excludes halogenated alkanes) is 1. The van der Waals surface area contributed by atoms with Gasteiger partial charge in [0.15, 0.2) is 0 Å². The Kier molecular flexibility index (Phi) is 4.96. The Labute approximate surface area is 151 Å². The number of rotatable bonds is 6. The topological polar surface area (TPSA) is 74.1 Å². The lowest BCUT2D eigenvalue weighted by molar-refractivity contribution is 0.301. The molecular formula is C17H18ClN3O3S. The van der Waals surface area contributed by atoms with Crippen molar-refractivity contribution in [3.05, 3.63) is 47.0 Å². The highest BCUT2D eigenvalue weighted by atomic mass is 35.5. The SMILES string of the molecule is CCCCOc1cc(C)c(Cl)cc1S(=O)(=O)n1nnc2ccccc21. The number of halogens is 1. The second-order valence-corrected chi connectivity index (χ2v) is 7.82. The lowest BCUT2D eigenvalue weighted by Crippen LogP contribution is -2.16. The fraction of sp³-hybridized carbons (Fsp3) is 0.294. The Balaban J connectivity index is 2.14. The summed E-state index contributed by atoms with van der Waals surface area (Å²) in [4.78, 5) is -0.0187. The average Bonchev–Trinajstić information content (AvgIpc) is 3.02. The predicted molar refractivity (Wildman–Crippen MR) is 96.7 cm³/mol. The number of fused-ring (bicyclic) bond motifs is 1. The predicted octanol–water partition coefficient (Wildman–Crippen LogP) is 3.81. The molecule has 6 nitrogen and oxygen atoms in total. The number of hydrogen-bond donors (Lipinski definition) is 0. The number of benzene rings is 2. The van der Waals surface area contributed by atoms with Crippen LogP contribution in [0.3, 0.4) is 0 Å². The molecule has 0 aliphatic rings. The molecule has 0 spiro atoms. The number of para-hydroxylation sites is 1. The van der Waals surface area contributed by atoms with E-state index in [2.05, 4.69) is 10.3 Å². The minimum absolute atomic E-state index is 0.0187. The summed E-state index contributed by atoms with van der Waals surface area (Å²) in [7, 11) is -4.00. The van der Waals surface area contributed by atoms with Gasteiger partial charge in [-0.15, -0.1) is 9.19 Å². The van der Waals surface area contributed by atoms with Crippen LogP contribution in [0.1, 0.15) is 25.3 Å². The second kappa shape index (κ2) is 7.01. The van der Waals surface area contributed by atoms with Crippen LogP contribution in [0.4, 0.5) is 0 Å². The highest BCUT2D eigenvalue weighted by molar-refractivity contribution is 7.90. The molecule has 0 amide bonds. The first-order valence-electron chi connectivity index (χ1n) is 7.94. The number of nitrogens with zero attached hydrogens (tertiary/aromatic N) is 3. The zero-order valence-corrected chi connectivity index (χ0v) is 15.5. The molecule has 0 bridgehead atoms. The molecule has 1 aromatic heterocycles. The van der Waals surface area contributed by atoms with Crippen LogP contribution in [-0.4, -0.2) is 29.4 Å². The lowest BCUT2D eigenvalue weighted by atomic mass is 10.2. The Morgan fingerprint density at radius 1 is 1.24 bits per heavy atom. The maximum absolute atomic E-state index is 13.1. The van der Waals surface area contributed by atoms with Crippen molar-refractivity contribution < 1.29 is 13.2 Å². The molecule has 0 aliphatic heterocycles. The smallest absolute Gasteiger partial charge is 0.288 e. The first kappa shape index (κ1) is 17.7. The molecule has 0 N–H and O–H groups in total. The molecule has 0 radical (unpaired) electrons. The van der Waals surface area contributed by atoms with Crippen molar-refractivity contribution >= 4 is 32.7 Å². The Bertz CT molecular complexity index is 1020. The standard InChI is InChI=1S/C17H18ClN3O3S/c1-3-4-9-24-16-10-12(2)13(18)11-17(16)25(22,23)21-15-8-6-5-7-14(15)19-20-21/h5-8,10-11H,3-4,9H2,1-2H3. The molecular weight excluding hydrogens is 362 g/mol. The van der Waals surface area contributed by atoms with Gasteiger partial charge in [-0.2, -0.15) is 8.42 Å². The minimum Gasteiger partial charge on any atom is -0.492 e. The fourth-order valence-electron chi connectivity index (χ4n) is 2.40. The van der Waals surface area contributed by atoms with Gasteiger partial charge >= 0.3 is 0 Å². The molecule has 0 saturated carbocycles. The van der Waals surface area contributed by atoms with E-state index in [4.69, 9.17) is 16.3 Å². The number of ether oxygens (including phenoxy) is 1. The summed E-state index contributed by atoms with van der Waals surface area (Å²) >= 11 is 6.17. The van der Waals surface area contributed by atoms with Crippen molar-refractivity contribution in [2.75, 3.05) is 6.61 Å². The summed E-state index contributed by atoms with van der Waals surface area (Å²) in [5.74, 6) is 0.273. The second-order valence-electron chi connectivity index (χ2n) is 5.68. The van der Waals surface area contributed by atoms with Gasteiger partial charge in [-0.25, -0.2) is 0 Å². The van der Waals surface area contributed by atoms with E-state index in [1.807, 2.05) is 6.92 Å². The van der Waals surface area contributed by atoms with Crippen LogP contribution >= 0.6 is 11.6 Å². The normalized spacial score (nSPS) is 11.8. The van der Waals surface area contributed by atoms with Gasteiger partial charge in [-0.05, 0) is 43.2 Å². The molecule has 2 aromatic carbocycles. The fourth-order valence-corrected chi connectivity index (χ4v) is 4.00. The third-order valence-corrected chi connectivity index (χ3v) is 5.81. The van der Waals surface area contributed by atoms with Crippen LogP contribution in [0.15, 0.2) is 41.3 Å². The third-order valence-electron chi connectivity index (χ3n) is 3.81. The van der Waals surface area contributed by atoms with Gasteiger partial charge in [0.1, 0.15) is 21.7 Å². The summed E-state index contributed by atoms with van der Waals surface area (Å²) in [6.45, 7) is 4.27.